The monoisotopic (exact) mass is 366 g/mol. The van der Waals surface area contributed by atoms with E-state index in [9.17, 15) is 4.79 Å². The van der Waals surface area contributed by atoms with Crippen molar-refractivity contribution >= 4 is 32.8 Å². The lowest BCUT2D eigenvalue weighted by atomic mass is 10.0. The molecule has 5 nitrogen and oxygen atoms in total. The highest BCUT2D eigenvalue weighted by Crippen LogP contribution is 2.34. The molecule has 22 heavy (non-hydrogen) atoms. The summed E-state index contributed by atoms with van der Waals surface area (Å²) in [6.45, 7) is 1.78. The van der Waals surface area contributed by atoms with Gasteiger partial charge in [0.05, 0.1) is 19.7 Å². The van der Waals surface area contributed by atoms with Crippen LogP contribution in [0.4, 0.5) is 0 Å². The van der Waals surface area contributed by atoms with Crippen molar-refractivity contribution in [3.8, 4) is 5.75 Å². The maximum atomic E-state index is 11.6. The van der Waals surface area contributed by atoms with E-state index in [1.54, 1.807) is 7.11 Å². The maximum Gasteiger partial charge on any atom is 0.323 e. The number of benzene rings is 1. The van der Waals surface area contributed by atoms with Crippen molar-refractivity contribution in [2.24, 2.45) is 0 Å². The summed E-state index contributed by atoms with van der Waals surface area (Å²) in [6.07, 6.45) is 3.76. The van der Waals surface area contributed by atoms with Gasteiger partial charge in [0.2, 0.25) is 0 Å². The van der Waals surface area contributed by atoms with E-state index in [0.29, 0.717) is 0 Å². The summed E-state index contributed by atoms with van der Waals surface area (Å²) in [4.78, 5) is 17.1. The van der Waals surface area contributed by atoms with Gasteiger partial charge in [0.15, 0.2) is 0 Å². The number of likely N-dealkylation sites (tertiary alicyclic amines) is 1. The Kier molecular flexibility index (Phi) is 4.40. The van der Waals surface area contributed by atoms with Crippen LogP contribution in [0.2, 0.25) is 0 Å². The van der Waals surface area contributed by atoms with Gasteiger partial charge in [-0.25, -0.2) is 0 Å². The normalized spacial score (nSPS) is 18.2. The zero-order chi connectivity index (χ0) is 15.7. The summed E-state index contributed by atoms with van der Waals surface area (Å²) >= 11 is 3.56. The van der Waals surface area contributed by atoms with Gasteiger partial charge in [0.1, 0.15) is 11.8 Å². The van der Waals surface area contributed by atoms with Crippen LogP contribution in [-0.2, 0) is 16.0 Å². The number of H-pyrrole nitrogens is 1. The number of aromatic nitrogens is 1. The molecule has 1 fully saturated rings. The minimum atomic E-state index is -0.134. The van der Waals surface area contributed by atoms with E-state index in [1.807, 2.05) is 18.3 Å². The number of carbonyl (C=O) groups excluding carboxylic acids is 1. The van der Waals surface area contributed by atoms with Crippen molar-refractivity contribution in [2.75, 3.05) is 27.3 Å². The molecule has 2 aromatic rings. The molecular weight excluding hydrogens is 348 g/mol. The van der Waals surface area contributed by atoms with Gasteiger partial charge < -0.3 is 14.5 Å². The Bertz CT molecular complexity index is 698. The predicted octanol–water partition coefficient (Wildman–Crippen LogP) is 2.73. The van der Waals surface area contributed by atoms with Crippen LogP contribution in [0.5, 0.6) is 5.75 Å². The van der Waals surface area contributed by atoms with E-state index in [1.165, 1.54) is 12.7 Å². The van der Waals surface area contributed by atoms with E-state index in [0.717, 1.165) is 47.1 Å². The molecule has 1 aliphatic rings. The largest absolute Gasteiger partial charge is 0.496 e. The summed E-state index contributed by atoms with van der Waals surface area (Å²) in [7, 11) is 3.13. The van der Waals surface area contributed by atoms with Crippen molar-refractivity contribution in [2.45, 2.75) is 18.9 Å². The van der Waals surface area contributed by atoms with Crippen molar-refractivity contribution in [1.29, 1.82) is 0 Å². The highest BCUT2D eigenvalue weighted by Gasteiger charge is 2.34. The molecule has 118 valence electrons. The van der Waals surface area contributed by atoms with Crippen LogP contribution in [0.3, 0.4) is 0 Å². The molecular formula is C16H19BrN2O3. The average Bonchev–Trinajstić information content (AvgIpc) is 2.92. The Morgan fingerprint density at radius 2 is 2.27 bits per heavy atom. The summed E-state index contributed by atoms with van der Waals surface area (Å²) in [5.74, 6) is 0.730. The summed E-state index contributed by atoms with van der Waals surface area (Å²) < 4.78 is 11.3. The van der Waals surface area contributed by atoms with Crippen LogP contribution in [0.15, 0.2) is 22.8 Å². The Morgan fingerprint density at radius 1 is 1.45 bits per heavy atom. The zero-order valence-corrected chi connectivity index (χ0v) is 14.3. The third kappa shape index (κ3) is 2.61. The van der Waals surface area contributed by atoms with Crippen LogP contribution in [-0.4, -0.2) is 49.2 Å². The molecule has 1 atom stereocenters. The second-order valence-electron chi connectivity index (χ2n) is 5.43. The first-order valence-corrected chi connectivity index (χ1v) is 8.09. The van der Waals surface area contributed by atoms with Gasteiger partial charge in [-0.15, -0.1) is 0 Å². The molecule has 1 aliphatic heterocycles. The van der Waals surface area contributed by atoms with E-state index in [2.05, 4.69) is 25.8 Å². The molecule has 6 heteroatoms. The van der Waals surface area contributed by atoms with E-state index >= 15 is 0 Å². The van der Waals surface area contributed by atoms with Crippen LogP contribution >= 0.6 is 15.9 Å². The minimum absolute atomic E-state index is 0.0798. The number of nitrogens with one attached hydrogen (secondary N) is 1. The first kappa shape index (κ1) is 15.4. The van der Waals surface area contributed by atoms with E-state index < -0.39 is 0 Å². The first-order valence-electron chi connectivity index (χ1n) is 7.30. The molecule has 0 saturated carbocycles. The molecule has 0 amide bonds. The number of fused-ring (bicyclic) bond motifs is 1. The Hall–Kier alpha value is -1.53. The van der Waals surface area contributed by atoms with Gasteiger partial charge in [0, 0.05) is 29.1 Å². The number of ether oxygens (including phenoxy) is 2. The topological polar surface area (TPSA) is 54.6 Å². The molecule has 0 bridgehead atoms. The highest BCUT2D eigenvalue weighted by molar-refractivity contribution is 9.10. The fourth-order valence-electron chi connectivity index (χ4n) is 2.99. The number of halogens is 1. The van der Waals surface area contributed by atoms with Gasteiger partial charge >= 0.3 is 5.97 Å². The van der Waals surface area contributed by atoms with E-state index in [4.69, 9.17) is 9.47 Å². The predicted molar refractivity (Wildman–Crippen MR) is 88.2 cm³/mol. The lowest BCUT2D eigenvalue weighted by Gasteiger charge is -2.38. The van der Waals surface area contributed by atoms with Gasteiger partial charge in [0.25, 0.3) is 0 Å². The number of hydrogen-bond donors (Lipinski definition) is 1. The summed E-state index contributed by atoms with van der Waals surface area (Å²) in [5, 5.41) is 1.10. The highest BCUT2D eigenvalue weighted by atomic mass is 79.9. The van der Waals surface area contributed by atoms with Crippen molar-refractivity contribution in [3.05, 3.63) is 28.4 Å². The molecule has 1 N–H and O–H groups in total. The Balaban J connectivity index is 1.77. The maximum absolute atomic E-state index is 11.6. The smallest absolute Gasteiger partial charge is 0.323 e. The molecule has 1 saturated heterocycles. The number of rotatable bonds is 5. The summed E-state index contributed by atoms with van der Waals surface area (Å²) in [6, 6.07) is 3.86. The Morgan fingerprint density at radius 3 is 2.91 bits per heavy atom. The fraction of sp³-hybridized carbons (Fsp3) is 0.438. The van der Waals surface area contributed by atoms with E-state index in [-0.39, 0.29) is 12.0 Å². The second kappa shape index (κ2) is 6.30. The third-order valence-corrected chi connectivity index (χ3v) is 4.98. The second-order valence-corrected chi connectivity index (χ2v) is 6.28. The molecule has 3 rings (SSSR count). The number of aromatic amines is 1. The Labute approximate surface area is 137 Å². The zero-order valence-electron chi connectivity index (χ0n) is 12.7. The van der Waals surface area contributed by atoms with Crippen molar-refractivity contribution < 1.29 is 14.3 Å². The van der Waals surface area contributed by atoms with Gasteiger partial charge in [-0.1, -0.05) is 0 Å². The fourth-order valence-corrected chi connectivity index (χ4v) is 3.44. The molecule has 1 unspecified atom stereocenters. The van der Waals surface area contributed by atoms with Crippen molar-refractivity contribution in [1.82, 2.24) is 9.88 Å². The molecule has 2 heterocycles. The average molecular weight is 367 g/mol. The van der Waals surface area contributed by atoms with Crippen LogP contribution in [0.1, 0.15) is 12.0 Å². The molecule has 0 aliphatic carbocycles. The molecule has 1 aromatic heterocycles. The van der Waals surface area contributed by atoms with Crippen LogP contribution in [0.25, 0.3) is 10.9 Å². The van der Waals surface area contributed by atoms with Gasteiger partial charge in [-0.05, 0) is 46.5 Å². The summed E-state index contributed by atoms with van der Waals surface area (Å²) in [5.41, 5.74) is 2.24. The number of nitrogens with zero attached hydrogens (tertiary/aromatic N) is 1. The molecule has 1 aromatic carbocycles. The van der Waals surface area contributed by atoms with Crippen molar-refractivity contribution in [3.63, 3.8) is 0 Å². The molecule has 0 radical (unpaired) electrons. The van der Waals surface area contributed by atoms with Crippen LogP contribution < -0.4 is 4.74 Å². The van der Waals surface area contributed by atoms with Crippen LogP contribution in [0, 0.1) is 0 Å². The number of hydrogen-bond acceptors (Lipinski definition) is 4. The molecule has 0 spiro atoms. The lowest BCUT2D eigenvalue weighted by Crippen LogP contribution is -2.53. The minimum Gasteiger partial charge on any atom is -0.496 e. The number of methoxy groups -OCH3 is 2. The first-order chi connectivity index (χ1) is 10.7. The SMILES string of the molecule is COC(=O)C1CCN1CCc1c[nH]c2c(Br)ccc(OC)c12. The third-order valence-electron chi connectivity index (χ3n) is 4.32. The standard InChI is InChI=1S/C16H19BrN2O3/c1-21-13-4-3-11(17)15-14(13)10(9-18-15)5-7-19-8-6-12(19)16(20)22-2/h3-4,9,12,18H,5-8H2,1-2H3. The quantitative estimate of drug-likeness (QED) is 0.826. The number of esters is 1. The lowest BCUT2D eigenvalue weighted by molar-refractivity contribution is -0.151. The number of carbonyl (C=O) groups is 1. The van der Waals surface area contributed by atoms with Gasteiger partial charge in [-0.3, -0.25) is 9.69 Å². The van der Waals surface area contributed by atoms with Gasteiger partial charge in [-0.2, -0.15) is 0 Å².